The zero-order chi connectivity index (χ0) is 15.7. The van der Waals surface area contributed by atoms with Crippen molar-refractivity contribution < 1.29 is 24.1 Å². The van der Waals surface area contributed by atoms with E-state index in [4.69, 9.17) is 9.84 Å². The third-order valence-corrected chi connectivity index (χ3v) is 3.08. The maximum absolute atomic E-state index is 13.1. The summed E-state index contributed by atoms with van der Waals surface area (Å²) < 4.78 is 19.9. The molecule has 0 aliphatic carbocycles. The molecule has 0 aliphatic rings. The Morgan fingerprint density at radius 2 is 2.14 bits per heavy atom. The molecule has 7 heteroatoms. The average Bonchev–Trinajstić information content (AvgIpc) is 2.86. The van der Waals surface area contributed by atoms with Crippen molar-refractivity contribution in [3.8, 4) is 11.5 Å². The first-order chi connectivity index (χ1) is 10.6. The molecule has 3 aromatic rings. The second-order valence-electron chi connectivity index (χ2n) is 4.54. The van der Waals surface area contributed by atoms with Gasteiger partial charge in [0.2, 0.25) is 0 Å². The van der Waals surface area contributed by atoms with Crippen LogP contribution in [0.25, 0.3) is 5.52 Å². The van der Waals surface area contributed by atoms with E-state index in [1.54, 1.807) is 18.3 Å². The molecule has 22 heavy (non-hydrogen) atoms. The van der Waals surface area contributed by atoms with Crippen molar-refractivity contribution in [1.82, 2.24) is 9.38 Å². The highest BCUT2D eigenvalue weighted by molar-refractivity contribution is 5.95. The van der Waals surface area contributed by atoms with E-state index in [1.165, 1.54) is 28.7 Å². The van der Waals surface area contributed by atoms with Crippen LogP contribution in [0, 0.1) is 5.82 Å². The summed E-state index contributed by atoms with van der Waals surface area (Å²) in [7, 11) is 0. The number of carboxylic acid groups (broad SMARTS) is 1. The minimum absolute atomic E-state index is 0.0681. The van der Waals surface area contributed by atoms with Crippen LogP contribution >= 0.6 is 0 Å². The number of hydrogen-bond donors (Lipinski definition) is 2. The van der Waals surface area contributed by atoms with Gasteiger partial charge < -0.3 is 14.9 Å². The Labute approximate surface area is 124 Å². The fourth-order valence-corrected chi connectivity index (χ4v) is 2.14. The minimum atomic E-state index is -1.25. The fraction of sp³-hybridized carbons (Fsp3) is 0.0667. The summed E-state index contributed by atoms with van der Waals surface area (Å²) >= 11 is 0. The number of rotatable bonds is 4. The molecule has 0 amide bonds. The Balaban J connectivity index is 1.97. The number of carbonyl (C=O) groups is 1. The van der Waals surface area contributed by atoms with Gasteiger partial charge in [-0.1, -0.05) is 6.07 Å². The van der Waals surface area contributed by atoms with E-state index in [0.29, 0.717) is 5.75 Å². The lowest BCUT2D eigenvalue weighted by atomic mass is 10.3. The lowest BCUT2D eigenvalue weighted by Gasteiger charge is -2.05. The normalized spacial score (nSPS) is 10.8. The van der Waals surface area contributed by atoms with Gasteiger partial charge in [0.25, 0.3) is 0 Å². The smallest absolute Gasteiger partial charge is 0.356 e. The van der Waals surface area contributed by atoms with Gasteiger partial charge in [0.1, 0.15) is 29.4 Å². The van der Waals surface area contributed by atoms with Gasteiger partial charge in [-0.05, 0) is 24.3 Å². The molecule has 6 nitrogen and oxygen atoms in total. The van der Waals surface area contributed by atoms with Crippen molar-refractivity contribution in [2.45, 2.75) is 6.61 Å². The Bertz CT molecular complexity index is 860. The third-order valence-electron chi connectivity index (χ3n) is 3.08. The second kappa shape index (κ2) is 5.36. The van der Waals surface area contributed by atoms with Crippen LogP contribution in [-0.4, -0.2) is 25.6 Å². The van der Waals surface area contributed by atoms with E-state index < -0.39 is 11.8 Å². The maximum atomic E-state index is 13.1. The molecule has 2 heterocycles. The van der Waals surface area contributed by atoms with Crippen LogP contribution < -0.4 is 4.74 Å². The van der Waals surface area contributed by atoms with Crippen molar-refractivity contribution in [2.24, 2.45) is 0 Å². The number of aromatic hydroxyl groups is 1. The molecular weight excluding hydrogens is 291 g/mol. The van der Waals surface area contributed by atoms with Crippen LogP contribution in [0.1, 0.15) is 16.3 Å². The molecule has 0 saturated carbocycles. The fourth-order valence-electron chi connectivity index (χ4n) is 2.14. The van der Waals surface area contributed by atoms with Crippen LogP contribution in [0.5, 0.6) is 11.5 Å². The molecule has 0 radical (unpaired) electrons. The number of aromatic carboxylic acids is 1. The van der Waals surface area contributed by atoms with E-state index in [2.05, 4.69) is 4.98 Å². The Morgan fingerprint density at radius 1 is 1.32 bits per heavy atom. The zero-order valence-electron chi connectivity index (χ0n) is 11.2. The highest BCUT2D eigenvalue weighted by Crippen LogP contribution is 2.24. The number of hydrogen-bond acceptors (Lipinski definition) is 4. The van der Waals surface area contributed by atoms with Gasteiger partial charge in [0, 0.05) is 12.3 Å². The summed E-state index contributed by atoms with van der Waals surface area (Å²) in [6, 6.07) is 8.52. The molecule has 3 rings (SSSR count). The van der Waals surface area contributed by atoms with Gasteiger partial charge in [0.15, 0.2) is 11.5 Å². The summed E-state index contributed by atoms with van der Waals surface area (Å²) in [5, 5.41) is 19.0. The molecular formula is C15H11FN2O4. The molecule has 112 valence electrons. The number of halogens is 1. The first kappa shape index (κ1) is 13.9. The number of pyridine rings is 1. The molecule has 1 aromatic carbocycles. The van der Waals surface area contributed by atoms with Crippen LogP contribution in [-0.2, 0) is 6.61 Å². The second-order valence-corrected chi connectivity index (χ2v) is 4.54. The predicted molar refractivity (Wildman–Crippen MR) is 74.5 cm³/mol. The van der Waals surface area contributed by atoms with Gasteiger partial charge in [-0.25, -0.2) is 14.2 Å². The number of carboxylic acids is 1. The highest BCUT2D eigenvalue weighted by Gasteiger charge is 2.19. The van der Waals surface area contributed by atoms with Crippen molar-refractivity contribution in [3.05, 3.63) is 59.9 Å². The lowest BCUT2D eigenvalue weighted by Crippen LogP contribution is -2.01. The van der Waals surface area contributed by atoms with Crippen LogP contribution in [0.15, 0.2) is 42.6 Å². The van der Waals surface area contributed by atoms with Crippen LogP contribution in [0.3, 0.4) is 0 Å². The van der Waals surface area contributed by atoms with Crippen molar-refractivity contribution in [3.63, 3.8) is 0 Å². The predicted octanol–water partition coefficient (Wildman–Crippen LogP) is 2.46. The van der Waals surface area contributed by atoms with Gasteiger partial charge >= 0.3 is 5.97 Å². The summed E-state index contributed by atoms with van der Waals surface area (Å²) in [4.78, 5) is 15.2. The lowest BCUT2D eigenvalue weighted by molar-refractivity contribution is 0.0692. The van der Waals surface area contributed by atoms with Gasteiger partial charge in [0.05, 0.1) is 0 Å². The highest BCUT2D eigenvalue weighted by atomic mass is 19.1. The average molecular weight is 302 g/mol. The SMILES string of the molecule is O=C(O)c1nc(COc2cccc(F)c2)n2cccc(O)c12. The monoisotopic (exact) mass is 302 g/mol. The molecule has 0 unspecified atom stereocenters. The number of imidazole rings is 1. The Kier molecular flexibility index (Phi) is 3.38. The Morgan fingerprint density at radius 3 is 2.86 bits per heavy atom. The number of ether oxygens (including phenoxy) is 1. The van der Waals surface area contributed by atoms with E-state index in [1.807, 2.05) is 0 Å². The standard InChI is InChI=1S/C15H11FN2O4/c16-9-3-1-4-10(7-9)22-8-12-17-13(15(20)21)14-11(19)5-2-6-18(12)14/h1-7,19H,8H2,(H,20,21). The van der Waals surface area contributed by atoms with Gasteiger partial charge in [-0.2, -0.15) is 0 Å². The molecule has 2 N–H and O–H groups in total. The van der Waals surface area contributed by atoms with Gasteiger partial charge in [-0.15, -0.1) is 0 Å². The number of nitrogens with zero attached hydrogens (tertiary/aromatic N) is 2. The van der Waals surface area contributed by atoms with Crippen LogP contribution in [0.2, 0.25) is 0 Å². The quantitative estimate of drug-likeness (QED) is 0.773. The first-order valence-corrected chi connectivity index (χ1v) is 6.37. The van der Waals surface area contributed by atoms with E-state index in [9.17, 15) is 14.3 Å². The van der Waals surface area contributed by atoms with Crippen molar-refractivity contribution in [1.29, 1.82) is 0 Å². The molecule has 0 bridgehead atoms. The van der Waals surface area contributed by atoms with Crippen LogP contribution in [0.4, 0.5) is 4.39 Å². The van der Waals surface area contributed by atoms with E-state index in [-0.39, 0.29) is 29.4 Å². The Hall–Kier alpha value is -3.09. The van der Waals surface area contributed by atoms with E-state index >= 15 is 0 Å². The molecule has 0 aliphatic heterocycles. The third kappa shape index (κ3) is 2.44. The molecule has 2 aromatic heterocycles. The summed E-state index contributed by atoms with van der Waals surface area (Å²) in [6.45, 7) is -0.0681. The number of fused-ring (bicyclic) bond motifs is 1. The molecule has 0 fully saturated rings. The number of aromatic nitrogens is 2. The summed E-state index contributed by atoms with van der Waals surface area (Å²) in [5.41, 5.74) is -0.177. The van der Waals surface area contributed by atoms with E-state index in [0.717, 1.165) is 0 Å². The largest absolute Gasteiger partial charge is 0.506 e. The molecule has 0 saturated heterocycles. The summed E-state index contributed by atoms with van der Waals surface area (Å²) in [5.74, 6) is -1.30. The van der Waals surface area contributed by atoms with Crippen molar-refractivity contribution in [2.75, 3.05) is 0 Å². The zero-order valence-corrected chi connectivity index (χ0v) is 11.2. The minimum Gasteiger partial charge on any atom is -0.506 e. The van der Waals surface area contributed by atoms with Gasteiger partial charge in [-0.3, -0.25) is 4.40 Å². The first-order valence-electron chi connectivity index (χ1n) is 6.37. The topological polar surface area (TPSA) is 84.1 Å². The van der Waals surface area contributed by atoms with Crippen molar-refractivity contribution >= 4 is 11.5 Å². The molecule has 0 atom stereocenters. The molecule has 0 spiro atoms. The summed E-state index contributed by atoms with van der Waals surface area (Å²) in [6.07, 6.45) is 1.57. The maximum Gasteiger partial charge on any atom is 0.356 e. The number of benzene rings is 1.